The second-order valence-electron chi connectivity index (χ2n) is 6.96. The number of aryl methyl sites for hydroxylation is 1. The van der Waals surface area contributed by atoms with Gasteiger partial charge in [0.2, 0.25) is 0 Å². The Kier molecular flexibility index (Phi) is 11.0. The van der Waals surface area contributed by atoms with Crippen LogP contribution in [0.4, 0.5) is 13.2 Å². The van der Waals surface area contributed by atoms with E-state index in [0.717, 1.165) is 31.7 Å². The highest BCUT2D eigenvalue weighted by atomic mass is 31.1. The first-order valence-electron chi connectivity index (χ1n) is 9.43. The Morgan fingerprint density at radius 1 is 1.18 bits per heavy atom. The molecule has 0 heterocycles. The fourth-order valence-electron chi connectivity index (χ4n) is 2.71. The van der Waals surface area contributed by atoms with Crippen molar-refractivity contribution in [3.05, 3.63) is 29.3 Å². The second-order valence-corrected chi connectivity index (χ2v) is 7.37. The van der Waals surface area contributed by atoms with Crippen molar-refractivity contribution in [3.63, 3.8) is 0 Å². The summed E-state index contributed by atoms with van der Waals surface area (Å²) in [6.45, 7) is 1.74. The first kappa shape index (κ1) is 24.8. The lowest BCUT2D eigenvalue weighted by Crippen LogP contribution is -2.47. The molecule has 0 unspecified atom stereocenters. The van der Waals surface area contributed by atoms with Crippen molar-refractivity contribution in [2.24, 2.45) is 5.73 Å². The standard InChI is InChI=1S/C19H29F3NO4P/c1-2-3-4-5-6-11-26-17-8-7-15(12-16(17)19(20,21)22)9-10-18(23,13-24)14-27-28-25/h7-8,12,24H,2-6,9-11,13-14,23H2,1H3/t18-/m0/s1. The largest absolute Gasteiger partial charge is 0.493 e. The highest BCUT2D eigenvalue weighted by Crippen LogP contribution is 2.37. The predicted molar refractivity (Wildman–Crippen MR) is 102 cm³/mol. The van der Waals surface area contributed by atoms with Crippen molar-refractivity contribution < 1.29 is 32.1 Å². The maximum absolute atomic E-state index is 13.4. The molecule has 28 heavy (non-hydrogen) atoms. The summed E-state index contributed by atoms with van der Waals surface area (Å²) in [4.78, 5) is 0. The van der Waals surface area contributed by atoms with Crippen LogP contribution in [-0.4, -0.2) is 30.5 Å². The minimum Gasteiger partial charge on any atom is -0.493 e. The molecule has 0 aliphatic carbocycles. The van der Waals surface area contributed by atoms with E-state index in [2.05, 4.69) is 11.4 Å². The lowest BCUT2D eigenvalue weighted by atomic mass is 9.93. The second kappa shape index (κ2) is 12.4. The zero-order valence-electron chi connectivity index (χ0n) is 16.1. The number of hydrogen-bond acceptors (Lipinski definition) is 5. The van der Waals surface area contributed by atoms with Crippen LogP contribution in [0.15, 0.2) is 18.2 Å². The molecule has 0 fully saturated rings. The third-order valence-electron chi connectivity index (χ3n) is 4.49. The van der Waals surface area contributed by atoms with Crippen LogP contribution in [0.1, 0.15) is 56.6 Å². The molecule has 0 aliphatic rings. The Labute approximate surface area is 165 Å². The van der Waals surface area contributed by atoms with E-state index in [1.54, 1.807) is 6.07 Å². The molecule has 0 aliphatic heterocycles. The van der Waals surface area contributed by atoms with E-state index in [1.165, 1.54) is 6.07 Å². The number of unbranched alkanes of at least 4 members (excludes halogenated alkanes) is 4. The minimum absolute atomic E-state index is 0.167. The zero-order valence-corrected chi connectivity index (χ0v) is 17.0. The molecule has 1 rings (SSSR count). The molecule has 0 aromatic heterocycles. The van der Waals surface area contributed by atoms with Gasteiger partial charge in [0.1, 0.15) is 5.75 Å². The van der Waals surface area contributed by atoms with Crippen LogP contribution in [0.3, 0.4) is 0 Å². The summed E-state index contributed by atoms with van der Waals surface area (Å²) in [5.41, 5.74) is 4.36. The molecule has 9 heteroatoms. The summed E-state index contributed by atoms with van der Waals surface area (Å²) >= 11 is 0. The SMILES string of the molecule is CCCCCCCOc1ccc(CC[C@](N)(CO)COP=O)cc1C(F)(F)F. The third-order valence-corrected chi connectivity index (χ3v) is 4.72. The van der Waals surface area contributed by atoms with Crippen molar-refractivity contribution in [3.8, 4) is 5.75 Å². The average molecular weight is 423 g/mol. The number of aliphatic hydroxyl groups excluding tert-OH is 1. The molecule has 0 amide bonds. The Hall–Kier alpha value is -1.21. The number of alkyl halides is 3. The Bertz CT molecular complexity index is 601. The Balaban J connectivity index is 2.76. The molecule has 1 aromatic carbocycles. The fraction of sp³-hybridized carbons (Fsp3) is 0.684. The van der Waals surface area contributed by atoms with Crippen molar-refractivity contribution in [2.45, 2.75) is 63.6 Å². The van der Waals surface area contributed by atoms with Gasteiger partial charge in [0.15, 0.2) is 0 Å². The van der Waals surface area contributed by atoms with Crippen molar-refractivity contribution >= 4 is 8.69 Å². The predicted octanol–water partition coefficient (Wildman–Crippen LogP) is 4.90. The topological polar surface area (TPSA) is 81.8 Å². The summed E-state index contributed by atoms with van der Waals surface area (Å²) in [6.07, 6.45) is 0.746. The smallest absolute Gasteiger partial charge is 0.419 e. The van der Waals surface area contributed by atoms with Gasteiger partial charge >= 0.3 is 14.9 Å². The molecule has 1 atom stereocenters. The summed E-state index contributed by atoms with van der Waals surface area (Å²) < 4.78 is 60.7. The highest BCUT2D eigenvalue weighted by molar-refractivity contribution is 7.17. The van der Waals surface area contributed by atoms with E-state index in [9.17, 15) is 22.8 Å². The lowest BCUT2D eigenvalue weighted by Gasteiger charge is -2.25. The van der Waals surface area contributed by atoms with Gasteiger partial charge in [-0.3, -0.25) is 4.52 Å². The van der Waals surface area contributed by atoms with Crippen LogP contribution in [0.5, 0.6) is 5.75 Å². The maximum atomic E-state index is 13.4. The number of hydrogen-bond donors (Lipinski definition) is 2. The van der Waals surface area contributed by atoms with Crippen LogP contribution < -0.4 is 10.5 Å². The van der Waals surface area contributed by atoms with Crippen LogP contribution in [0, 0.1) is 0 Å². The van der Waals surface area contributed by atoms with E-state index in [4.69, 9.17) is 10.5 Å². The van der Waals surface area contributed by atoms with Crippen LogP contribution in [0.2, 0.25) is 0 Å². The first-order chi connectivity index (χ1) is 13.3. The normalized spacial score (nSPS) is 14.2. The van der Waals surface area contributed by atoms with E-state index in [0.29, 0.717) is 12.0 Å². The lowest BCUT2D eigenvalue weighted by molar-refractivity contribution is -0.139. The number of nitrogens with two attached hydrogens (primary N) is 1. The number of aliphatic hydroxyl groups is 1. The molecule has 0 bridgehead atoms. The molecule has 3 N–H and O–H groups in total. The number of ether oxygens (including phenoxy) is 1. The number of rotatable bonds is 14. The van der Waals surface area contributed by atoms with Gasteiger partial charge in [-0.25, -0.2) is 4.57 Å². The molecular weight excluding hydrogens is 394 g/mol. The molecule has 0 radical (unpaired) electrons. The van der Waals surface area contributed by atoms with Crippen molar-refractivity contribution in [2.75, 3.05) is 19.8 Å². The summed E-state index contributed by atoms with van der Waals surface area (Å²) in [7, 11) is -0.567. The van der Waals surface area contributed by atoms with Crippen LogP contribution in [-0.2, 0) is 21.7 Å². The van der Waals surface area contributed by atoms with E-state index < -0.39 is 32.6 Å². The maximum Gasteiger partial charge on any atom is 0.419 e. The summed E-state index contributed by atoms with van der Waals surface area (Å²) in [6, 6.07) is 3.94. The van der Waals surface area contributed by atoms with Crippen molar-refractivity contribution in [1.29, 1.82) is 0 Å². The van der Waals surface area contributed by atoms with E-state index in [-0.39, 0.29) is 31.8 Å². The molecule has 5 nitrogen and oxygen atoms in total. The Morgan fingerprint density at radius 2 is 1.89 bits per heavy atom. The summed E-state index contributed by atoms with van der Waals surface area (Å²) in [5.74, 6) is -0.179. The van der Waals surface area contributed by atoms with Gasteiger partial charge in [0.05, 0.1) is 30.9 Å². The van der Waals surface area contributed by atoms with Gasteiger partial charge in [0.25, 0.3) is 0 Å². The van der Waals surface area contributed by atoms with E-state index >= 15 is 0 Å². The molecule has 160 valence electrons. The van der Waals surface area contributed by atoms with Crippen LogP contribution in [0.25, 0.3) is 0 Å². The number of halogens is 3. The molecule has 0 saturated carbocycles. The third kappa shape index (κ3) is 8.86. The van der Waals surface area contributed by atoms with Gasteiger partial charge in [0, 0.05) is 0 Å². The first-order valence-corrected chi connectivity index (χ1v) is 10.2. The summed E-state index contributed by atoms with van der Waals surface area (Å²) in [5, 5.41) is 9.38. The van der Waals surface area contributed by atoms with Crippen LogP contribution >= 0.6 is 8.69 Å². The molecule has 0 spiro atoms. The van der Waals surface area contributed by atoms with Gasteiger partial charge in [-0.1, -0.05) is 38.7 Å². The fourth-order valence-corrected chi connectivity index (χ4v) is 3.02. The van der Waals surface area contributed by atoms with Gasteiger partial charge < -0.3 is 15.6 Å². The molecule has 0 saturated heterocycles. The van der Waals surface area contributed by atoms with Crippen molar-refractivity contribution in [1.82, 2.24) is 0 Å². The van der Waals surface area contributed by atoms with Gasteiger partial charge in [-0.15, -0.1) is 0 Å². The number of benzene rings is 1. The minimum atomic E-state index is -4.53. The zero-order chi connectivity index (χ0) is 21.0. The average Bonchev–Trinajstić information content (AvgIpc) is 2.67. The Morgan fingerprint density at radius 3 is 2.50 bits per heavy atom. The monoisotopic (exact) mass is 423 g/mol. The van der Waals surface area contributed by atoms with Gasteiger partial charge in [-0.05, 0) is 37.0 Å². The quantitative estimate of drug-likeness (QED) is 0.329. The van der Waals surface area contributed by atoms with Gasteiger partial charge in [-0.2, -0.15) is 13.2 Å². The molecular formula is C19H29F3NO4P. The molecule has 1 aromatic rings. The highest BCUT2D eigenvalue weighted by Gasteiger charge is 2.35. The van der Waals surface area contributed by atoms with E-state index in [1.807, 2.05) is 0 Å².